The minimum absolute atomic E-state index is 0.0402. The smallest absolute Gasteiger partial charge is 0.254 e. The van der Waals surface area contributed by atoms with Crippen LogP contribution in [0.2, 0.25) is 0 Å². The molecule has 0 saturated carbocycles. The Morgan fingerprint density at radius 2 is 2.46 bits per heavy atom. The molecular weight excluding hydrogens is 166 g/mol. The number of nitrogens with one attached hydrogen (secondary N) is 1. The number of amides is 1. The number of carbonyl (C=O) groups excluding carboxylic acids is 1. The zero-order valence-electron chi connectivity index (χ0n) is 8.08. The first-order valence-corrected chi connectivity index (χ1v) is 4.51. The molecule has 1 rings (SSSR count). The van der Waals surface area contributed by atoms with Crippen molar-refractivity contribution in [1.29, 1.82) is 0 Å². The molecule has 4 nitrogen and oxygen atoms in total. The Labute approximate surface area is 77.9 Å². The molecule has 1 amide bonds. The van der Waals surface area contributed by atoms with Crippen LogP contribution in [0.25, 0.3) is 0 Å². The van der Waals surface area contributed by atoms with Crippen LogP contribution in [0.5, 0.6) is 0 Å². The lowest BCUT2D eigenvalue weighted by Crippen LogP contribution is -2.23. The van der Waals surface area contributed by atoms with Crippen LogP contribution in [-0.2, 0) is 7.05 Å². The predicted octanol–water partition coefficient (Wildman–Crippen LogP) is 0.950. The van der Waals surface area contributed by atoms with Crippen LogP contribution in [0.4, 0.5) is 0 Å². The van der Waals surface area contributed by atoms with Crippen LogP contribution in [-0.4, -0.2) is 22.2 Å². The summed E-state index contributed by atoms with van der Waals surface area (Å²) in [5.74, 6) is -0.0402. The van der Waals surface area contributed by atoms with Gasteiger partial charge >= 0.3 is 0 Å². The second kappa shape index (κ2) is 4.64. The highest BCUT2D eigenvalue weighted by atomic mass is 16.1. The quantitative estimate of drug-likeness (QED) is 0.703. The molecule has 0 bridgehead atoms. The summed E-state index contributed by atoms with van der Waals surface area (Å²) in [5.41, 5.74) is 0.624. The van der Waals surface area contributed by atoms with E-state index in [4.69, 9.17) is 0 Å². The van der Waals surface area contributed by atoms with E-state index >= 15 is 0 Å². The van der Waals surface area contributed by atoms with E-state index in [9.17, 15) is 4.79 Å². The molecule has 0 unspecified atom stereocenters. The molecule has 13 heavy (non-hydrogen) atoms. The first-order chi connectivity index (χ1) is 6.24. The Hall–Kier alpha value is -1.32. The molecule has 0 saturated heterocycles. The van der Waals surface area contributed by atoms with Gasteiger partial charge in [-0.05, 0) is 6.42 Å². The van der Waals surface area contributed by atoms with E-state index in [2.05, 4.69) is 17.3 Å². The second-order valence-corrected chi connectivity index (χ2v) is 3.01. The standard InChI is InChI=1S/C9H15N3O/c1-3-4-5-10-9(13)8-6-11-12(2)7-8/h6-7H,3-5H2,1-2H3,(H,10,13). The second-order valence-electron chi connectivity index (χ2n) is 3.01. The van der Waals surface area contributed by atoms with Crippen molar-refractivity contribution in [3.8, 4) is 0 Å². The first-order valence-electron chi connectivity index (χ1n) is 4.51. The van der Waals surface area contributed by atoms with Crippen LogP contribution >= 0.6 is 0 Å². The van der Waals surface area contributed by atoms with Crippen molar-refractivity contribution in [3.05, 3.63) is 18.0 Å². The number of nitrogens with zero attached hydrogens (tertiary/aromatic N) is 2. The Balaban J connectivity index is 2.40. The van der Waals surface area contributed by atoms with Gasteiger partial charge in [-0.3, -0.25) is 9.48 Å². The van der Waals surface area contributed by atoms with Gasteiger partial charge in [0.25, 0.3) is 5.91 Å². The van der Waals surface area contributed by atoms with E-state index in [-0.39, 0.29) is 5.91 Å². The maximum absolute atomic E-state index is 11.4. The summed E-state index contributed by atoms with van der Waals surface area (Å²) in [5, 5.41) is 6.74. The minimum atomic E-state index is -0.0402. The molecule has 0 radical (unpaired) electrons. The van der Waals surface area contributed by atoms with Crippen LogP contribution in [0.3, 0.4) is 0 Å². The van der Waals surface area contributed by atoms with Gasteiger partial charge in [0.15, 0.2) is 0 Å². The van der Waals surface area contributed by atoms with Crippen molar-refractivity contribution in [2.24, 2.45) is 7.05 Å². The van der Waals surface area contributed by atoms with Crippen molar-refractivity contribution in [3.63, 3.8) is 0 Å². The third kappa shape index (κ3) is 2.89. The summed E-state index contributed by atoms with van der Waals surface area (Å²) >= 11 is 0. The van der Waals surface area contributed by atoms with Gasteiger partial charge in [0.1, 0.15) is 0 Å². The largest absolute Gasteiger partial charge is 0.352 e. The molecule has 1 aromatic heterocycles. The Bertz CT molecular complexity index is 280. The summed E-state index contributed by atoms with van der Waals surface area (Å²) in [7, 11) is 1.79. The van der Waals surface area contributed by atoms with Crippen LogP contribution in [0.1, 0.15) is 30.1 Å². The third-order valence-corrected chi connectivity index (χ3v) is 1.78. The molecule has 1 aromatic rings. The Kier molecular flexibility index (Phi) is 3.49. The maximum Gasteiger partial charge on any atom is 0.254 e. The number of carbonyl (C=O) groups is 1. The number of unbranched alkanes of at least 4 members (excludes halogenated alkanes) is 1. The zero-order chi connectivity index (χ0) is 9.68. The Morgan fingerprint density at radius 3 is 3.00 bits per heavy atom. The molecule has 4 heteroatoms. The van der Waals surface area contributed by atoms with Crippen molar-refractivity contribution in [2.45, 2.75) is 19.8 Å². The van der Waals surface area contributed by atoms with Gasteiger partial charge in [0, 0.05) is 19.8 Å². The van der Waals surface area contributed by atoms with E-state index < -0.39 is 0 Å². The molecule has 0 aliphatic carbocycles. The predicted molar refractivity (Wildman–Crippen MR) is 50.4 cm³/mol. The summed E-state index contributed by atoms with van der Waals surface area (Å²) in [6.45, 7) is 2.83. The van der Waals surface area contributed by atoms with E-state index in [0.717, 1.165) is 19.4 Å². The molecule has 0 spiro atoms. The summed E-state index contributed by atoms with van der Waals surface area (Å²) in [6.07, 6.45) is 5.39. The topological polar surface area (TPSA) is 46.9 Å². The number of hydrogen-bond donors (Lipinski definition) is 1. The number of rotatable bonds is 4. The van der Waals surface area contributed by atoms with Crippen molar-refractivity contribution >= 4 is 5.91 Å². The van der Waals surface area contributed by atoms with E-state index in [1.54, 1.807) is 24.1 Å². The number of aryl methyl sites for hydroxylation is 1. The molecule has 1 N–H and O–H groups in total. The first kappa shape index (κ1) is 9.77. The summed E-state index contributed by atoms with van der Waals surface area (Å²) in [4.78, 5) is 11.4. The summed E-state index contributed by atoms with van der Waals surface area (Å²) in [6, 6.07) is 0. The van der Waals surface area contributed by atoms with Gasteiger partial charge in [0.2, 0.25) is 0 Å². The van der Waals surface area contributed by atoms with Crippen LogP contribution in [0.15, 0.2) is 12.4 Å². The van der Waals surface area contributed by atoms with Crippen molar-refractivity contribution < 1.29 is 4.79 Å². The molecular formula is C9H15N3O. The molecule has 0 fully saturated rings. The molecule has 72 valence electrons. The van der Waals surface area contributed by atoms with Crippen LogP contribution < -0.4 is 5.32 Å². The Morgan fingerprint density at radius 1 is 1.69 bits per heavy atom. The SMILES string of the molecule is CCCCNC(=O)c1cnn(C)c1. The fraction of sp³-hybridized carbons (Fsp3) is 0.556. The maximum atomic E-state index is 11.4. The third-order valence-electron chi connectivity index (χ3n) is 1.78. The lowest BCUT2D eigenvalue weighted by Gasteiger charge is -2.00. The summed E-state index contributed by atoms with van der Waals surface area (Å²) < 4.78 is 1.62. The minimum Gasteiger partial charge on any atom is -0.352 e. The molecule has 0 aliphatic rings. The van der Waals surface area contributed by atoms with Gasteiger partial charge in [0.05, 0.1) is 11.8 Å². The number of hydrogen-bond acceptors (Lipinski definition) is 2. The zero-order valence-corrected chi connectivity index (χ0v) is 8.08. The normalized spacial score (nSPS) is 10.0. The number of aromatic nitrogens is 2. The van der Waals surface area contributed by atoms with Gasteiger partial charge in [-0.1, -0.05) is 13.3 Å². The molecule has 0 aromatic carbocycles. The van der Waals surface area contributed by atoms with Gasteiger partial charge in [-0.2, -0.15) is 5.10 Å². The highest BCUT2D eigenvalue weighted by Crippen LogP contribution is 1.95. The molecule has 1 heterocycles. The van der Waals surface area contributed by atoms with Gasteiger partial charge in [-0.15, -0.1) is 0 Å². The van der Waals surface area contributed by atoms with Crippen molar-refractivity contribution in [2.75, 3.05) is 6.54 Å². The molecule has 0 atom stereocenters. The van der Waals surface area contributed by atoms with Gasteiger partial charge in [-0.25, -0.2) is 0 Å². The van der Waals surface area contributed by atoms with E-state index in [0.29, 0.717) is 5.56 Å². The van der Waals surface area contributed by atoms with Crippen molar-refractivity contribution in [1.82, 2.24) is 15.1 Å². The molecule has 0 aliphatic heterocycles. The average molecular weight is 181 g/mol. The highest BCUT2D eigenvalue weighted by molar-refractivity contribution is 5.93. The highest BCUT2D eigenvalue weighted by Gasteiger charge is 2.05. The average Bonchev–Trinajstić information content (AvgIpc) is 2.52. The monoisotopic (exact) mass is 181 g/mol. The van der Waals surface area contributed by atoms with Crippen LogP contribution in [0, 0.1) is 0 Å². The van der Waals surface area contributed by atoms with Gasteiger partial charge < -0.3 is 5.32 Å². The fourth-order valence-corrected chi connectivity index (χ4v) is 1.02. The van der Waals surface area contributed by atoms with E-state index in [1.165, 1.54) is 0 Å². The lowest BCUT2D eigenvalue weighted by molar-refractivity contribution is 0.0953. The lowest BCUT2D eigenvalue weighted by atomic mass is 10.3. The van der Waals surface area contributed by atoms with E-state index in [1.807, 2.05) is 0 Å². The fourth-order valence-electron chi connectivity index (χ4n) is 1.02.